The summed E-state index contributed by atoms with van der Waals surface area (Å²) in [7, 11) is 0. The van der Waals surface area contributed by atoms with Gasteiger partial charge in [0.1, 0.15) is 0 Å². The van der Waals surface area contributed by atoms with Crippen LogP contribution in [0.5, 0.6) is 11.5 Å². The highest BCUT2D eigenvalue weighted by Crippen LogP contribution is 2.50. The van der Waals surface area contributed by atoms with Crippen LogP contribution >= 0.6 is 11.6 Å². The molecule has 1 saturated carbocycles. The molecule has 1 fully saturated rings. The largest absolute Gasteiger partial charge is 0.489 e. The fourth-order valence-corrected chi connectivity index (χ4v) is 3.13. The van der Waals surface area contributed by atoms with Crippen molar-refractivity contribution >= 4 is 11.6 Å². The number of hydrogen-bond acceptors (Lipinski definition) is 2. The lowest BCUT2D eigenvalue weighted by Gasteiger charge is -2.36. The molecule has 0 saturated heterocycles. The molecule has 0 amide bonds. The van der Waals surface area contributed by atoms with Crippen molar-refractivity contribution in [3.8, 4) is 11.5 Å². The average molecular weight is 295 g/mol. The van der Waals surface area contributed by atoms with Crippen LogP contribution in [0.15, 0.2) is 12.1 Å². The van der Waals surface area contributed by atoms with Crippen LogP contribution in [-0.2, 0) is 0 Å². The van der Waals surface area contributed by atoms with Gasteiger partial charge in [0, 0.05) is 5.56 Å². The Morgan fingerprint density at radius 3 is 2.65 bits per heavy atom. The van der Waals surface area contributed by atoms with E-state index < -0.39 is 0 Å². The molecule has 1 aliphatic carbocycles. The van der Waals surface area contributed by atoms with Crippen molar-refractivity contribution in [3.05, 3.63) is 22.7 Å². The van der Waals surface area contributed by atoms with E-state index in [1.807, 2.05) is 6.07 Å². The third-order valence-electron chi connectivity index (χ3n) is 4.33. The molecule has 2 aliphatic rings. The van der Waals surface area contributed by atoms with E-state index >= 15 is 0 Å². The van der Waals surface area contributed by atoms with E-state index in [0.717, 1.165) is 31.1 Å². The number of hydrogen-bond donors (Lipinski definition) is 0. The van der Waals surface area contributed by atoms with Crippen LogP contribution in [0.3, 0.4) is 0 Å². The Morgan fingerprint density at radius 1 is 1.25 bits per heavy atom. The predicted molar refractivity (Wildman–Crippen MR) is 82.0 cm³/mol. The molecule has 0 aromatic heterocycles. The Labute approximate surface area is 126 Å². The standard InChI is InChI=1S/C17H23ClO2/c1-17(2,3)13-8-9-19-15-12(13)6-7-14(18)16(15)20-10-11-4-5-11/h6-7,11,13H,4-5,8-10H2,1-3H3/t13-/m1/s1. The second kappa shape index (κ2) is 5.14. The van der Waals surface area contributed by atoms with Gasteiger partial charge < -0.3 is 9.47 Å². The van der Waals surface area contributed by atoms with Gasteiger partial charge in [-0.1, -0.05) is 38.4 Å². The molecule has 1 atom stereocenters. The van der Waals surface area contributed by atoms with Gasteiger partial charge in [0.25, 0.3) is 0 Å². The summed E-state index contributed by atoms with van der Waals surface area (Å²) in [4.78, 5) is 0. The average Bonchev–Trinajstić information content (AvgIpc) is 3.19. The highest BCUT2D eigenvalue weighted by molar-refractivity contribution is 6.32. The molecule has 1 aromatic rings. The summed E-state index contributed by atoms with van der Waals surface area (Å²) in [6.07, 6.45) is 3.61. The maximum absolute atomic E-state index is 6.32. The molecule has 0 bridgehead atoms. The van der Waals surface area contributed by atoms with E-state index in [0.29, 0.717) is 16.9 Å². The minimum absolute atomic E-state index is 0.222. The number of ether oxygens (including phenoxy) is 2. The summed E-state index contributed by atoms with van der Waals surface area (Å²) < 4.78 is 11.9. The van der Waals surface area contributed by atoms with Crippen molar-refractivity contribution in [1.82, 2.24) is 0 Å². The molecule has 1 aliphatic heterocycles. The van der Waals surface area contributed by atoms with Gasteiger partial charge in [0.05, 0.1) is 18.2 Å². The fourth-order valence-electron chi connectivity index (χ4n) is 2.93. The summed E-state index contributed by atoms with van der Waals surface area (Å²) in [6.45, 7) is 8.36. The summed E-state index contributed by atoms with van der Waals surface area (Å²) >= 11 is 6.32. The summed E-state index contributed by atoms with van der Waals surface area (Å²) in [5.41, 5.74) is 1.47. The molecule has 0 N–H and O–H groups in total. The van der Waals surface area contributed by atoms with Crippen LogP contribution in [0, 0.1) is 11.3 Å². The fraction of sp³-hybridized carbons (Fsp3) is 0.647. The van der Waals surface area contributed by atoms with E-state index in [9.17, 15) is 0 Å². The van der Waals surface area contributed by atoms with Crippen LogP contribution in [0.2, 0.25) is 5.02 Å². The zero-order valence-electron chi connectivity index (χ0n) is 12.5. The Kier molecular flexibility index (Phi) is 3.62. The van der Waals surface area contributed by atoms with Gasteiger partial charge in [-0.2, -0.15) is 0 Å². The molecule has 0 unspecified atom stereocenters. The Hall–Kier alpha value is -0.890. The minimum atomic E-state index is 0.222. The third kappa shape index (κ3) is 2.76. The number of fused-ring (bicyclic) bond motifs is 1. The lowest BCUT2D eigenvalue weighted by atomic mass is 9.73. The molecule has 0 radical (unpaired) electrons. The number of benzene rings is 1. The van der Waals surface area contributed by atoms with Gasteiger partial charge in [-0.05, 0) is 42.6 Å². The first kappa shape index (κ1) is 14.1. The van der Waals surface area contributed by atoms with E-state index in [1.54, 1.807) is 0 Å². The van der Waals surface area contributed by atoms with E-state index in [4.69, 9.17) is 21.1 Å². The van der Waals surface area contributed by atoms with E-state index in [1.165, 1.54) is 18.4 Å². The highest BCUT2D eigenvalue weighted by atomic mass is 35.5. The van der Waals surface area contributed by atoms with E-state index in [2.05, 4.69) is 26.8 Å². The Bertz CT molecular complexity index is 500. The van der Waals surface area contributed by atoms with Gasteiger partial charge in [-0.15, -0.1) is 0 Å². The van der Waals surface area contributed by atoms with Gasteiger partial charge in [-0.25, -0.2) is 0 Å². The second-order valence-corrected chi connectivity index (χ2v) is 7.51. The molecule has 110 valence electrons. The second-order valence-electron chi connectivity index (χ2n) is 7.10. The van der Waals surface area contributed by atoms with Gasteiger partial charge >= 0.3 is 0 Å². The molecule has 20 heavy (non-hydrogen) atoms. The first-order valence-corrected chi connectivity index (χ1v) is 7.92. The van der Waals surface area contributed by atoms with Crippen LogP contribution in [0.4, 0.5) is 0 Å². The van der Waals surface area contributed by atoms with E-state index in [-0.39, 0.29) is 5.41 Å². The zero-order chi connectivity index (χ0) is 14.3. The van der Waals surface area contributed by atoms with Crippen molar-refractivity contribution in [2.75, 3.05) is 13.2 Å². The summed E-state index contributed by atoms with van der Waals surface area (Å²) in [5.74, 6) is 2.84. The predicted octanol–water partition coefficient (Wildman–Crippen LogP) is 5.04. The summed E-state index contributed by atoms with van der Waals surface area (Å²) in [6, 6.07) is 4.06. The normalized spacial score (nSPS) is 22.1. The SMILES string of the molecule is CC(C)(C)[C@@H]1CCOc2c1ccc(Cl)c2OCC1CC1. The van der Waals surface area contributed by atoms with Gasteiger partial charge in [-0.3, -0.25) is 0 Å². The molecular weight excluding hydrogens is 272 g/mol. The van der Waals surface area contributed by atoms with Crippen molar-refractivity contribution in [2.24, 2.45) is 11.3 Å². The molecule has 1 heterocycles. The maximum atomic E-state index is 6.32. The molecular formula is C17H23ClO2. The first-order valence-electron chi connectivity index (χ1n) is 7.55. The quantitative estimate of drug-likeness (QED) is 0.777. The van der Waals surface area contributed by atoms with Crippen molar-refractivity contribution in [2.45, 2.75) is 46.0 Å². The van der Waals surface area contributed by atoms with Gasteiger partial charge in [0.15, 0.2) is 11.5 Å². The monoisotopic (exact) mass is 294 g/mol. The topological polar surface area (TPSA) is 18.5 Å². The maximum Gasteiger partial charge on any atom is 0.180 e. The van der Waals surface area contributed by atoms with Crippen molar-refractivity contribution in [1.29, 1.82) is 0 Å². The van der Waals surface area contributed by atoms with Gasteiger partial charge in [0.2, 0.25) is 0 Å². The molecule has 3 heteroatoms. The van der Waals surface area contributed by atoms with Crippen LogP contribution in [-0.4, -0.2) is 13.2 Å². The molecule has 0 spiro atoms. The number of halogens is 1. The van der Waals surface area contributed by atoms with Crippen LogP contribution in [0.25, 0.3) is 0 Å². The molecule has 3 rings (SSSR count). The lowest BCUT2D eigenvalue weighted by molar-refractivity contribution is 0.191. The third-order valence-corrected chi connectivity index (χ3v) is 4.63. The Balaban J connectivity index is 1.94. The van der Waals surface area contributed by atoms with Crippen molar-refractivity contribution in [3.63, 3.8) is 0 Å². The number of rotatable bonds is 3. The first-order chi connectivity index (χ1) is 9.47. The highest BCUT2D eigenvalue weighted by Gasteiger charge is 2.34. The van der Waals surface area contributed by atoms with Crippen LogP contribution in [0.1, 0.15) is 51.5 Å². The Morgan fingerprint density at radius 2 is 2.00 bits per heavy atom. The lowest BCUT2D eigenvalue weighted by Crippen LogP contribution is -2.25. The minimum Gasteiger partial charge on any atom is -0.489 e. The molecule has 1 aromatic carbocycles. The zero-order valence-corrected chi connectivity index (χ0v) is 13.3. The van der Waals surface area contributed by atoms with Crippen LogP contribution < -0.4 is 9.47 Å². The summed E-state index contributed by atoms with van der Waals surface area (Å²) in [5, 5.41) is 0.666. The smallest absolute Gasteiger partial charge is 0.180 e. The molecule has 2 nitrogen and oxygen atoms in total. The van der Waals surface area contributed by atoms with Crippen molar-refractivity contribution < 1.29 is 9.47 Å².